The highest BCUT2D eigenvalue weighted by molar-refractivity contribution is 5.50. The molecule has 2 nitrogen and oxygen atoms in total. The topological polar surface area (TPSA) is 21.3 Å². The van der Waals surface area contributed by atoms with Gasteiger partial charge in [-0.15, -0.1) is 0 Å². The van der Waals surface area contributed by atoms with Crippen molar-refractivity contribution in [2.24, 2.45) is 5.92 Å². The zero-order valence-electron chi connectivity index (χ0n) is 9.42. The molecule has 1 N–H and O–H groups in total. The highest BCUT2D eigenvalue weighted by atomic mass is 16.5. The molecule has 78 valence electrons. The van der Waals surface area contributed by atoms with Crippen molar-refractivity contribution >= 4 is 5.69 Å². The van der Waals surface area contributed by atoms with E-state index in [0.29, 0.717) is 5.92 Å². The van der Waals surface area contributed by atoms with E-state index in [9.17, 15) is 0 Å². The van der Waals surface area contributed by atoms with Crippen molar-refractivity contribution < 1.29 is 4.74 Å². The van der Waals surface area contributed by atoms with Crippen molar-refractivity contribution in [3.8, 4) is 5.75 Å². The monoisotopic (exact) mass is 193 g/mol. The summed E-state index contributed by atoms with van der Waals surface area (Å²) in [6.07, 6.45) is 0. The predicted octanol–water partition coefficient (Wildman–Crippen LogP) is 3.07. The van der Waals surface area contributed by atoms with E-state index in [0.717, 1.165) is 18.0 Å². The summed E-state index contributed by atoms with van der Waals surface area (Å²) in [4.78, 5) is 0. The van der Waals surface area contributed by atoms with E-state index < -0.39 is 0 Å². The van der Waals surface area contributed by atoms with E-state index in [4.69, 9.17) is 4.74 Å². The van der Waals surface area contributed by atoms with Gasteiger partial charge < -0.3 is 10.1 Å². The molecule has 0 saturated heterocycles. The van der Waals surface area contributed by atoms with Gasteiger partial charge in [-0.1, -0.05) is 13.8 Å². The van der Waals surface area contributed by atoms with Crippen LogP contribution in [0.5, 0.6) is 5.75 Å². The predicted molar refractivity (Wildman–Crippen MR) is 61.1 cm³/mol. The number of methoxy groups -OCH3 is 1. The Kier molecular flexibility index (Phi) is 3.81. The van der Waals surface area contributed by atoms with Gasteiger partial charge in [-0.2, -0.15) is 0 Å². The number of rotatable bonds is 4. The Morgan fingerprint density at radius 1 is 1.36 bits per heavy atom. The molecule has 0 aliphatic rings. The zero-order valence-corrected chi connectivity index (χ0v) is 9.42. The van der Waals surface area contributed by atoms with E-state index in [-0.39, 0.29) is 0 Å². The highest BCUT2D eigenvalue weighted by Gasteiger charge is 1.99. The Labute approximate surface area is 86.3 Å². The maximum absolute atomic E-state index is 5.20. The van der Waals surface area contributed by atoms with Crippen LogP contribution in [0.2, 0.25) is 0 Å². The molecule has 0 atom stereocenters. The average Bonchev–Trinajstić information content (AvgIpc) is 2.15. The molecular weight excluding hydrogens is 174 g/mol. The lowest BCUT2D eigenvalue weighted by molar-refractivity contribution is 0.412. The summed E-state index contributed by atoms with van der Waals surface area (Å²) in [5.74, 6) is 1.61. The van der Waals surface area contributed by atoms with Gasteiger partial charge in [0.05, 0.1) is 7.11 Å². The van der Waals surface area contributed by atoms with Gasteiger partial charge in [0, 0.05) is 12.2 Å². The first-order chi connectivity index (χ1) is 6.63. The first-order valence-corrected chi connectivity index (χ1v) is 5.02. The van der Waals surface area contributed by atoms with Gasteiger partial charge in [0.25, 0.3) is 0 Å². The minimum Gasteiger partial charge on any atom is -0.496 e. The van der Waals surface area contributed by atoms with Crippen LogP contribution in [0.15, 0.2) is 18.2 Å². The lowest BCUT2D eigenvalue weighted by Gasteiger charge is -2.11. The SMILES string of the molecule is COc1ccc(NCC(C)C)cc1C. The molecule has 0 fully saturated rings. The largest absolute Gasteiger partial charge is 0.496 e. The van der Waals surface area contributed by atoms with Crippen LogP contribution in [0.25, 0.3) is 0 Å². The Morgan fingerprint density at radius 2 is 2.07 bits per heavy atom. The minimum absolute atomic E-state index is 0.664. The van der Waals surface area contributed by atoms with Gasteiger partial charge in [0.2, 0.25) is 0 Å². The normalized spacial score (nSPS) is 10.4. The third-order valence-corrected chi connectivity index (χ3v) is 2.11. The average molecular weight is 193 g/mol. The molecule has 0 radical (unpaired) electrons. The molecule has 0 bridgehead atoms. The minimum atomic E-state index is 0.664. The van der Waals surface area contributed by atoms with Gasteiger partial charge in [0.1, 0.15) is 5.75 Å². The first-order valence-electron chi connectivity index (χ1n) is 5.02. The molecule has 0 saturated carbocycles. The molecule has 0 aromatic heterocycles. The maximum Gasteiger partial charge on any atom is 0.121 e. The van der Waals surface area contributed by atoms with Crippen molar-refractivity contribution in [1.82, 2.24) is 0 Å². The van der Waals surface area contributed by atoms with Crippen LogP contribution < -0.4 is 10.1 Å². The third-order valence-electron chi connectivity index (χ3n) is 2.11. The van der Waals surface area contributed by atoms with Crippen LogP contribution >= 0.6 is 0 Å². The van der Waals surface area contributed by atoms with Crippen molar-refractivity contribution in [2.75, 3.05) is 19.0 Å². The number of anilines is 1. The fraction of sp³-hybridized carbons (Fsp3) is 0.500. The van der Waals surface area contributed by atoms with Crippen molar-refractivity contribution in [3.63, 3.8) is 0 Å². The van der Waals surface area contributed by atoms with E-state index >= 15 is 0 Å². The molecule has 1 aromatic carbocycles. The van der Waals surface area contributed by atoms with Crippen LogP contribution in [0, 0.1) is 12.8 Å². The Hall–Kier alpha value is -1.18. The van der Waals surface area contributed by atoms with Crippen LogP contribution in [0.4, 0.5) is 5.69 Å². The second kappa shape index (κ2) is 4.89. The fourth-order valence-corrected chi connectivity index (χ4v) is 1.31. The van der Waals surface area contributed by atoms with Crippen LogP contribution in [-0.4, -0.2) is 13.7 Å². The van der Waals surface area contributed by atoms with Crippen molar-refractivity contribution in [2.45, 2.75) is 20.8 Å². The molecule has 0 unspecified atom stereocenters. The van der Waals surface area contributed by atoms with Gasteiger partial charge in [-0.05, 0) is 36.6 Å². The van der Waals surface area contributed by atoms with Crippen LogP contribution in [0.1, 0.15) is 19.4 Å². The van der Waals surface area contributed by atoms with Crippen molar-refractivity contribution in [3.05, 3.63) is 23.8 Å². The fourth-order valence-electron chi connectivity index (χ4n) is 1.31. The smallest absolute Gasteiger partial charge is 0.121 e. The lowest BCUT2D eigenvalue weighted by Crippen LogP contribution is -2.07. The Bertz CT molecular complexity index is 294. The second-order valence-corrected chi connectivity index (χ2v) is 3.96. The number of hydrogen-bond donors (Lipinski definition) is 1. The first kappa shape index (κ1) is 10.9. The summed E-state index contributed by atoms with van der Waals surface area (Å²) in [7, 11) is 1.70. The quantitative estimate of drug-likeness (QED) is 0.793. The van der Waals surface area contributed by atoms with Crippen LogP contribution in [0.3, 0.4) is 0 Å². The molecule has 0 spiro atoms. The Morgan fingerprint density at radius 3 is 2.57 bits per heavy atom. The second-order valence-electron chi connectivity index (χ2n) is 3.96. The summed E-state index contributed by atoms with van der Waals surface area (Å²) >= 11 is 0. The summed E-state index contributed by atoms with van der Waals surface area (Å²) in [6.45, 7) is 7.46. The molecule has 1 aromatic rings. The number of ether oxygens (including phenoxy) is 1. The molecule has 0 aliphatic carbocycles. The lowest BCUT2D eigenvalue weighted by atomic mass is 10.2. The van der Waals surface area contributed by atoms with E-state index in [1.807, 2.05) is 12.1 Å². The van der Waals surface area contributed by atoms with E-state index in [1.165, 1.54) is 5.56 Å². The van der Waals surface area contributed by atoms with E-state index in [2.05, 4.69) is 32.2 Å². The van der Waals surface area contributed by atoms with E-state index in [1.54, 1.807) is 7.11 Å². The highest BCUT2D eigenvalue weighted by Crippen LogP contribution is 2.21. The van der Waals surface area contributed by atoms with Crippen molar-refractivity contribution in [1.29, 1.82) is 0 Å². The zero-order chi connectivity index (χ0) is 10.6. The molecular formula is C12H19NO. The molecule has 14 heavy (non-hydrogen) atoms. The Balaban J connectivity index is 2.66. The molecule has 0 amide bonds. The molecule has 1 rings (SSSR count). The summed E-state index contributed by atoms with van der Waals surface area (Å²) in [5, 5.41) is 3.38. The third kappa shape index (κ3) is 2.95. The van der Waals surface area contributed by atoms with Gasteiger partial charge in [0.15, 0.2) is 0 Å². The standard InChI is InChI=1S/C12H19NO/c1-9(2)8-13-11-5-6-12(14-4)10(3)7-11/h5-7,9,13H,8H2,1-4H3. The molecule has 0 heterocycles. The number of benzene rings is 1. The van der Waals surface area contributed by atoms with Crippen LogP contribution in [-0.2, 0) is 0 Å². The summed E-state index contributed by atoms with van der Waals surface area (Å²) in [5.41, 5.74) is 2.33. The molecule has 2 heteroatoms. The summed E-state index contributed by atoms with van der Waals surface area (Å²) < 4.78 is 5.20. The number of aryl methyl sites for hydroxylation is 1. The van der Waals surface area contributed by atoms with Gasteiger partial charge >= 0.3 is 0 Å². The molecule has 0 aliphatic heterocycles. The maximum atomic E-state index is 5.20. The van der Waals surface area contributed by atoms with Gasteiger partial charge in [-0.25, -0.2) is 0 Å². The summed E-state index contributed by atoms with van der Waals surface area (Å²) in [6, 6.07) is 6.16. The van der Waals surface area contributed by atoms with Gasteiger partial charge in [-0.3, -0.25) is 0 Å². The number of nitrogens with one attached hydrogen (secondary N) is 1. The number of hydrogen-bond acceptors (Lipinski definition) is 2.